The minimum Gasteiger partial charge on any atom is -0.387 e. The molecule has 0 aliphatic heterocycles. The molecule has 2 N–H and O–H groups in total. The van der Waals surface area contributed by atoms with Gasteiger partial charge in [0.15, 0.2) is 0 Å². The molecule has 1 aromatic rings. The van der Waals surface area contributed by atoms with Gasteiger partial charge in [-0.05, 0) is 18.9 Å². The fourth-order valence-corrected chi connectivity index (χ4v) is 1.43. The maximum Gasteiger partial charge on any atom is 0.220 e. The maximum absolute atomic E-state index is 11.2. The molecule has 3 heteroatoms. The van der Waals surface area contributed by atoms with Crippen molar-refractivity contribution in [2.75, 3.05) is 6.54 Å². The number of carbonyl (C=O) groups is 1. The first-order valence-corrected chi connectivity index (χ1v) is 5.64. The highest BCUT2D eigenvalue weighted by molar-refractivity contribution is 5.75. The monoisotopic (exact) mass is 221 g/mol. The molecule has 0 saturated heterocycles. The van der Waals surface area contributed by atoms with Crippen LogP contribution in [0.3, 0.4) is 0 Å². The molecular formula is C13H19NO2. The summed E-state index contributed by atoms with van der Waals surface area (Å²) in [7, 11) is 0. The van der Waals surface area contributed by atoms with Crippen molar-refractivity contribution in [1.82, 2.24) is 5.32 Å². The SMILES string of the molecule is CCCC(=O)NCC(O)c1ccc(C)cc1. The molecule has 0 fully saturated rings. The zero-order valence-corrected chi connectivity index (χ0v) is 9.86. The Labute approximate surface area is 96.5 Å². The van der Waals surface area contributed by atoms with Crippen LogP contribution in [0.25, 0.3) is 0 Å². The van der Waals surface area contributed by atoms with Crippen LogP contribution in [0.2, 0.25) is 0 Å². The summed E-state index contributed by atoms with van der Waals surface area (Å²) in [4.78, 5) is 11.2. The van der Waals surface area contributed by atoms with Crippen molar-refractivity contribution in [3.05, 3.63) is 35.4 Å². The molecule has 1 aromatic carbocycles. The highest BCUT2D eigenvalue weighted by Crippen LogP contribution is 2.12. The van der Waals surface area contributed by atoms with E-state index in [0.29, 0.717) is 6.42 Å². The lowest BCUT2D eigenvalue weighted by atomic mass is 10.1. The maximum atomic E-state index is 11.2. The Bertz CT molecular complexity index is 332. The summed E-state index contributed by atoms with van der Waals surface area (Å²) in [6.07, 6.45) is 0.717. The Morgan fingerprint density at radius 2 is 2.00 bits per heavy atom. The number of nitrogens with one attached hydrogen (secondary N) is 1. The van der Waals surface area contributed by atoms with E-state index < -0.39 is 6.10 Å². The average molecular weight is 221 g/mol. The van der Waals surface area contributed by atoms with Crippen LogP contribution in [0.15, 0.2) is 24.3 Å². The third-order valence-electron chi connectivity index (χ3n) is 2.43. The molecule has 0 aromatic heterocycles. The number of hydrogen-bond donors (Lipinski definition) is 2. The van der Waals surface area contributed by atoms with Gasteiger partial charge in [0, 0.05) is 13.0 Å². The van der Waals surface area contributed by atoms with Crippen LogP contribution in [0.5, 0.6) is 0 Å². The first kappa shape index (κ1) is 12.7. The summed E-state index contributed by atoms with van der Waals surface area (Å²) in [5.41, 5.74) is 1.99. The number of amides is 1. The van der Waals surface area contributed by atoms with Gasteiger partial charge in [-0.1, -0.05) is 36.8 Å². The van der Waals surface area contributed by atoms with Gasteiger partial charge in [-0.2, -0.15) is 0 Å². The summed E-state index contributed by atoms with van der Waals surface area (Å²) in [5.74, 6) is -0.00587. The summed E-state index contributed by atoms with van der Waals surface area (Å²) in [6, 6.07) is 7.66. The van der Waals surface area contributed by atoms with E-state index in [1.54, 1.807) is 0 Å². The van der Waals surface area contributed by atoms with E-state index in [-0.39, 0.29) is 12.5 Å². The molecule has 88 valence electrons. The van der Waals surface area contributed by atoms with Crippen molar-refractivity contribution in [1.29, 1.82) is 0 Å². The standard InChI is InChI=1S/C13H19NO2/c1-3-4-13(16)14-9-12(15)11-7-5-10(2)6-8-11/h5-8,12,15H,3-4,9H2,1-2H3,(H,14,16). The second-order valence-corrected chi connectivity index (χ2v) is 3.98. The van der Waals surface area contributed by atoms with E-state index in [4.69, 9.17) is 0 Å². The summed E-state index contributed by atoms with van der Waals surface area (Å²) < 4.78 is 0. The normalized spacial score (nSPS) is 12.2. The minimum atomic E-state index is -0.624. The number of aliphatic hydroxyl groups excluding tert-OH is 1. The fourth-order valence-electron chi connectivity index (χ4n) is 1.43. The molecule has 1 rings (SSSR count). The molecule has 0 spiro atoms. The average Bonchev–Trinajstić information content (AvgIpc) is 2.27. The van der Waals surface area contributed by atoms with Crippen LogP contribution >= 0.6 is 0 Å². The number of benzene rings is 1. The van der Waals surface area contributed by atoms with Crippen molar-refractivity contribution in [2.45, 2.75) is 32.8 Å². The lowest BCUT2D eigenvalue weighted by Gasteiger charge is -2.12. The lowest BCUT2D eigenvalue weighted by Crippen LogP contribution is -2.27. The van der Waals surface area contributed by atoms with Crippen molar-refractivity contribution in [3.8, 4) is 0 Å². The zero-order chi connectivity index (χ0) is 12.0. The van der Waals surface area contributed by atoms with Crippen LogP contribution in [-0.4, -0.2) is 17.6 Å². The number of carbonyl (C=O) groups excluding carboxylic acids is 1. The van der Waals surface area contributed by atoms with E-state index >= 15 is 0 Å². The Morgan fingerprint density at radius 1 is 1.38 bits per heavy atom. The molecule has 0 radical (unpaired) electrons. The van der Waals surface area contributed by atoms with Crippen LogP contribution in [0.4, 0.5) is 0 Å². The predicted octanol–water partition coefficient (Wildman–Crippen LogP) is 1.94. The smallest absolute Gasteiger partial charge is 0.220 e. The fraction of sp³-hybridized carbons (Fsp3) is 0.462. The van der Waals surface area contributed by atoms with Gasteiger partial charge in [0.05, 0.1) is 6.10 Å². The molecule has 16 heavy (non-hydrogen) atoms. The van der Waals surface area contributed by atoms with Gasteiger partial charge >= 0.3 is 0 Å². The molecule has 0 bridgehead atoms. The van der Waals surface area contributed by atoms with Gasteiger partial charge in [0.1, 0.15) is 0 Å². The molecule has 0 heterocycles. The third kappa shape index (κ3) is 4.03. The van der Waals surface area contributed by atoms with Crippen LogP contribution in [0.1, 0.15) is 37.0 Å². The van der Waals surface area contributed by atoms with Crippen molar-refractivity contribution in [3.63, 3.8) is 0 Å². The molecule has 3 nitrogen and oxygen atoms in total. The molecular weight excluding hydrogens is 202 g/mol. The predicted molar refractivity (Wildman–Crippen MR) is 64.1 cm³/mol. The van der Waals surface area contributed by atoms with E-state index in [9.17, 15) is 9.90 Å². The Morgan fingerprint density at radius 3 is 2.56 bits per heavy atom. The molecule has 1 unspecified atom stereocenters. The quantitative estimate of drug-likeness (QED) is 0.798. The summed E-state index contributed by atoms with van der Waals surface area (Å²) >= 11 is 0. The zero-order valence-electron chi connectivity index (χ0n) is 9.86. The van der Waals surface area contributed by atoms with Crippen LogP contribution < -0.4 is 5.32 Å². The molecule has 0 aliphatic carbocycles. The first-order chi connectivity index (χ1) is 7.63. The van der Waals surface area contributed by atoms with Crippen molar-refractivity contribution in [2.24, 2.45) is 0 Å². The first-order valence-electron chi connectivity index (χ1n) is 5.64. The van der Waals surface area contributed by atoms with Crippen LogP contribution in [0, 0.1) is 6.92 Å². The number of aliphatic hydroxyl groups is 1. The third-order valence-corrected chi connectivity index (χ3v) is 2.43. The summed E-state index contributed by atoms with van der Waals surface area (Å²) in [6.45, 7) is 4.23. The largest absolute Gasteiger partial charge is 0.387 e. The molecule has 0 aliphatic rings. The van der Waals surface area contributed by atoms with Gasteiger partial charge in [0.25, 0.3) is 0 Å². The number of hydrogen-bond acceptors (Lipinski definition) is 2. The second-order valence-electron chi connectivity index (χ2n) is 3.98. The molecule has 1 atom stereocenters. The molecule has 0 saturated carbocycles. The van der Waals surface area contributed by atoms with Gasteiger partial charge in [-0.3, -0.25) is 4.79 Å². The topological polar surface area (TPSA) is 49.3 Å². The lowest BCUT2D eigenvalue weighted by molar-refractivity contribution is -0.121. The Balaban J connectivity index is 2.43. The van der Waals surface area contributed by atoms with Gasteiger partial charge in [0.2, 0.25) is 5.91 Å². The van der Waals surface area contributed by atoms with Gasteiger partial charge in [-0.15, -0.1) is 0 Å². The van der Waals surface area contributed by atoms with Crippen molar-refractivity contribution < 1.29 is 9.90 Å². The van der Waals surface area contributed by atoms with Crippen LogP contribution in [-0.2, 0) is 4.79 Å². The van der Waals surface area contributed by atoms with Gasteiger partial charge in [-0.25, -0.2) is 0 Å². The Kier molecular flexibility index (Phi) is 4.99. The number of rotatable bonds is 5. The molecule has 1 amide bonds. The van der Waals surface area contributed by atoms with E-state index in [2.05, 4.69) is 5.32 Å². The van der Waals surface area contributed by atoms with Crippen molar-refractivity contribution >= 4 is 5.91 Å². The second kappa shape index (κ2) is 6.28. The number of aryl methyl sites for hydroxylation is 1. The highest BCUT2D eigenvalue weighted by atomic mass is 16.3. The Hall–Kier alpha value is -1.35. The highest BCUT2D eigenvalue weighted by Gasteiger charge is 2.08. The van der Waals surface area contributed by atoms with E-state index in [1.165, 1.54) is 0 Å². The summed E-state index contributed by atoms with van der Waals surface area (Å²) in [5, 5.41) is 12.5. The van der Waals surface area contributed by atoms with E-state index in [1.807, 2.05) is 38.1 Å². The van der Waals surface area contributed by atoms with Gasteiger partial charge < -0.3 is 10.4 Å². The minimum absolute atomic E-state index is 0.00587. The van der Waals surface area contributed by atoms with E-state index in [0.717, 1.165) is 17.5 Å².